The average molecular weight is 283 g/mol. The summed E-state index contributed by atoms with van der Waals surface area (Å²) < 4.78 is 0. The number of hydrogen-bond donors (Lipinski definition) is 1. The van der Waals surface area contributed by atoms with Crippen molar-refractivity contribution in [3.8, 4) is 6.07 Å². The van der Waals surface area contributed by atoms with Crippen LogP contribution in [0, 0.1) is 11.3 Å². The van der Waals surface area contributed by atoms with Crippen molar-refractivity contribution in [3.63, 3.8) is 0 Å². The molecule has 0 radical (unpaired) electrons. The summed E-state index contributed by atoms with van der Waals surface area (Å²) in [6.45, 7) is 0. The van der Waals surface area contributed by atoms with Gasteiger partial charge >= 0.3 is 0 Å². The first-order valence-corrected chi connectivity index (χ1v) is 7.21. The molecule has 1 N–H and O–H groups in total. The minimum atomic E-state index is -0.117. The number of benzene rings is 1. The highest BCUT2D eigenvalue weighted by Crippen LogP contribution is 2.15. The number of aromatic nitrogens is 1. The minimum absolute atomic E-state index is 0.117. The van der Waals surface area contributed by atoms with Gasteiger partial charge in [-0.1, -0.05) is 18.2 Å². The van der Waals surface area contributed by atoms with Gasteiger partial charge in [0.2, 0.25) is 5.91 Å². The van der Waals surface area contributed by atoms with Crippen molar-refractivity contribution in [1.29, 1.82) is 5.26 Å². The van der Waals surface area contributed by atoms with E-state index in [1.165, 1.54) is 11.8 Å². The summed E-state index contributed by atoms with van der Waals surface area (Å²) >= 11 is 1.49. The van der Waals surface area contributed by atoms with Crippen LogP contribution in [-0.4, -0.2) is 16.6 Å². The lowest BCUT2D eigenvalue weighted by Gasteiger charge is -2.06. The van der Waals surface area contributed by atoms with Crippen molar-refractivity contribution in [2.24, 2.45) is 0 Å². The number of carbonyl (C=O) groups is 1. The Morgan fingerprint density at radius 1 is 1.25 bits per heavy atom. The van der Waals surface area contributed by atoms with Gasteiger partial charge in [0.05, 0.1) is 22.7 Å². The van der Waals surface area contributed by atoms with E-state index in [1.807, 2.05) is 18.2 Å². The second-order valence-corrected chi connectivity index (χ2v) is 5.01. The summed E-state index contributed by atoms with van der Waals surface area (Å²) in [4.78, 5) is 16.0. The van der Waals surface area contributed by atoms with Crippen molar-refractivity contribution in [2.45, 2.75) is 5.75 Å². The third kappa shape index (κ3) is 4.11. The highest BCUT2D eigenvalue weighted by Gasteiger charge is 2.06. The molecule has 1 amide bonds. The summed E-state index contributed by atoms with van der Waals surface area (Å²) in [7, 11) is 0. The number of rotatable bonds is 5. The normalized spacial score (nSPS) is 9.75. The SMILES string of the molecule is N#Cc1ccccc1NC(=O)CSCc1ccccn1. The number of nitrogens with zero attached hydrogens (tertiary/aromatic N) is 2. The van der Waals surface area contributed by atoms with Gasteiger partial charge in [0.15, 0.2) is 0 Å². The van der Waals surface area contributed by atoms with Crippen LogP contribution in [0.25, 0.3) is 0 Å². The zero-order chi connectivity index (χ0) is 14.2. The lowest BCUT2D eigenvalue weighted by molar-refractivity contribution is -0.113. The molecule has 100 valence electrons. The molecule has 1 aromatic carbocycles. The Labute approximate surface area is 121 Å². The van der Waals surface area contributed by atoms with E-state index in [-0.39, 0.29) is 5.91 Å². The molecule has 0 saturated carbocycles. The van der Waals surface area contributed by atoms with Gasteiger partial charge in [-0.15, -0.1) is 11.8 Å². The summed E-state index contributed by atoms with van der Waals surface area (Å²) in [5.41, 5.74) is 1.97. The molecule has 4 nitrogen and oxygen atoms in total. The fourth-order valence-electron chi connectivity index (χ4n) is 1.61. The number of carbonyl (C=O) groups excluding carboxylic acids is 1. The van der Waals surface area contributed by atoms with Crippen LogP contribution in [0.5, 0.6) is 0 Å². The molecule has 20 heavy (non-hydrogen) atoms. The highest BCUT2D eigenvalue weighted by molar-refractivity contribution is 7.99. The van der Waals surface area contributed by atoms with Gasteiger partial charge < -0.3 is 5.32 Å². The van der Waals surface area contributed by atoms with Crippen LogP contribution in [0.4, 0.5) is 5.69 Å². The van der Waals surface area contributed by atoms with Crippen molar-refractivity contribution in [2.75, 3.05) is 11.1 Å². The van der Waals surface area contributed by atoms with Gasteiger partial charge in [-0.05, 0) is 24.3 Å². The molecule has 2 aromatic rings. The van der Waals surface area contributed by atoms with E-state index in [1.54, 1.807) is 30.5 Å². The fourth-order valence-corrected chi connectivity index (χ4v) is 2.35. The Morgan fingerprint density at radius 2 is 2.05 bits per heavy atom. The molecule has 0 aliphatic carbocycles. The number of para-hydroxylation sites is 1. The molecule has 0 aliphatic heterocycles. The Bertz CT molecular complexity index is 623. The second kappa shape index (κ2) is 7.31. The average Bonchev–Trinajstić information content (AvgIpc) is 2.49. The minimum Gasteiger partial charge on any atom is -0.324 e. The quantitative estimate of drug-likeness (QED) is 0.916. The monoisotopic (exact) mass is 283 g/mol. The van der Waals surface area contributed by atoms with Crippen molar-refractivity contribution < 1.29 is 4.79 Å². The number of nitrogens with one attached hydrogen (secondary N) is 1. The van der Waals surface area contributed by atoms with E-state index in [0.717, 1.165) is 5.69 Å². The number of nitriles is 1. The third-order valence-corrected chi connectivity index (χ3v) is 3.50. The maximum absolute atomic E-state index is 11.8. The summed E-state index contributed by atoms with van der Waals surface area (Å²) in [6.07, 6.45) is 1.74. The van der Waals surface area contributed by atoms with Gasteiger partial charge in [-0.3, -0.25) is 9.78 Å². The molecule has 1 heterocycles. The Kier molecular flexibility index (Phi) is 5.15. The summed E-state index contributed by atoms with van der Waals surface area (Å²) in [5, 5.41) is 11.7. The summed E-state index contributed by atoms with van der Waals surface area (Å²) in [5.74, 6) is 0.901. The van der Waals surface area contributed by atoms with E-state index < -0.39 is 0 Å². The van der Waals surface area contributed by atoms with Crippen molar-refractivity contribution in [3.05, 3.63) is 59.9 Å². The second-order valence-electron chi connectivity index (χ2n) is 4.02. The fraction of sp³-hybridized carbons (Fsp3) is 0.133. The molecule has 0 atom stereocenters. The first kappa shape index (κ1) is 14.1. The number of amides is 1. The first-order valence-electron chi connectivity index (χ1n) is 6.06. The van der Waals surface area contributed by atoms with Crippen LogP contribution < -0.4 is 5.32 Å². The molecule has 1 aromatic heterocycles. The van der Waals surface area contributed by atoms with Crippen molar-refractivity contribution >= 4 is 23.4 Å². The molecule has 0 unspecified atom stereocenters. The lowest BCUT2D eigenvalue weighted by atomic mass is 10.2. The van der Waals surface area contributed by atoms with Crippen LogP contribution in [0.3, 0.4) is 0 Å². The number of pyridine rings is 1. The maximum Gasteiger partial charge on any atom is 0.234 e. The molecule has 2 rings (SSSR count). The molecule has 0 spiro atoms. The van der Waals surface area contributed by atoms with Crippen LogP contribution in [0.2, 0.25) is 0 Å². The molecule has 0 fully saturated rings. The molecule has 0 saturated heterocycles. The number of thioether (sulfide) groups is 1. The Hall–Kier alpha value is -2.32. The first-order chi connectivity index (χ1) is 9.79. The molecular weight excluding hydrogens is 270 g/mol. The third-order valence-electron chi connectivity index (χ3n) is 2.53. The predicted molar refractivity (Wildman–Crippen MR) is 80.2 cm³/mol. The van der Waals surface area contributed by atoms with E-state index in [0.29, 0.717) is 22.8 Å². The van der Waals surface area contributed by atoms with Crippen LogP contribution in [-0.2, 0) is 10.5 Å². The van der Waals surface area contributed by atoms with Crippen LogP contribution in [0.1, 0.15) is 11.3 Å². The maximum atomic E-state index is 11.8. The van der Waals surface area contributed by atoms with Gasteiger partial charge in [0, 0.05) is 11.9 Å². The van der Waals surface area contributed by atoms with E-state index in [2.05, 4.69) is 16.4 Å². The smallest absolute Gasteiger partial charge is 0.234 e. The van der Waals surface area contributed by atoms with E-state index in [4.69, 9.17) is 5.26 Å². The Balaban J connectivity index is 1.83. The molecule has 0 aliphatic rings. The van der Waals surface area contributed by atoms with E-state index >= 15 is 0 Å². The predicted octanol–water partition coefficient (Wildman–Crippen LogP) is 2.83. The highest BCUT2D eigenvalue weighted by atomic mass is 32.2. The molecular formula is C15H13N3OS. The van der Waals surface area contributed by atoms with Crippen LogP contribution in [0.15, 0.2) is 48.7 Å². The van der Waals surface area contributed by atoms with Gasteiger partial charge in [-0.2, -0.15) is 5.26 Å². The Morgan fingerprint density at radius 3 is 2.80 bits per heavy atom. The summed E-state index contributed by atoms with van der Waals surface area (Å²) in [6, 6.07) is 14.7. The van der Waals surface area contributed by atoms with E-state index in [9.17, 15) is 4.79 Å². The van der Waals surface area contributed by atoms with Gasteiger partial charge in [0.25, 0.3) is 0 Å². The topological polar surface area (TPSA) is 65.8 Å². The number of hydrogen-bond acceptors (Lipinski definition) is 4. The zero-order valence-electron chi connectivity index (χ0n) is 10.7. The molecule has 0 bridgehead atoms. The number of anilines is 1. The standard InChI is InChI=1S/C15H13N3OS/c16-9-12-5-1-2-7-14(12)18-15(19)11-20-10-13-6-3-4-8-17-13/h1-8H,10-11H2,(H,18,19). The largest absolute Gasteiger partial charge is 0.324 e. The van der Waals surface area contributed by atoms with Gasteiger partial charge in [0.1, 0.15) is 6.07 Å². The van der Waals surface area contributed by atoms with Crippen molar-refractivity contribution in [1.82, 2.24) is 4.98 Å². The lowest BCUT2D eigenvalue weighted by Crippen LogP contribution is -2.15. The zero-order valence-corrected chi connectivity index (χ0v) is 11.6. The molecule has 5 heteroatoms. The van der Waals surface area contributed by atoms with Crippen LogP contribution >= 0.6 is 11.8 Å². The van der Waals surface area contributed by atoms with Gasteiger partial charge in [-0.25, -0.2) is 0 Å².